The molecular weight excluding hydrogens is 152 g/mol. The first-order valence-electron chi connectivity index (χ1n) is 2.74. The van der Waals surface area contributed by atoms with E-state index in [2.05, 4.69) is 6.58 Å². The second kappa shape index (κ2) is 5.84. The Balaban J connectivity index is 0. The van der Waals surface area contributed by atoms with E-state index in [1.165, 1.54) is 0 Å². The molecule has 0 heterocycles. The highest BCUT2D eigenvalue weighted by molar-refractivity contribution is 5.78. The third-order valence-electron chi connectivity index (χ3n) is 0.474. The maximum Gasteiger partial charge on any atom is 0.327 e. The molecular formula is C6H12O5. The summed E-state index contributed by atoms with van der Waals surface area (Å²) >= 11 is 0. The van der Waals surface area contributed by atoms with Crippen molar-refractivity contribution in [3.05, 3.63) is 12.7 Å². The molecule has 0 rings (SSSR count). The third-order valence-corrected chi connectivity index (χ3v) is 0.474. The number of hydrogen-bond acceptors (Lipinski definition) is 4. The first-order chi connectivity index (χ1) is 4.83. The predicted octanol–water partition coefficient (Wildman–Crippen LogP) is -1.06. The summed E-state index contributed by atoms with van der Waals surface area (Å²) in [7, 11) is 0. The standard InChI is InChI=1S/C3H8O3.C3H4O2/c1-3(5,6)2-4;1-2-3(4)5/h4-6H,2H2,1H3;2H,1H2,(H,4,5). The highest BCUT2D eigenvalue weighted by atomic mass is 16.5. The summed E-state index contributed by atoms with van der Waals surface area (Å²) in [5.74, 6) is -2.88. The van der Waals surface area contributed by atoms with Crippen LogP contribution in [0, 0.1) is 0 Å². The lowest BCUT2D eigenvalue weighted by atomic mass is 10.4. The molecule has 0 saturated carbocycles. The quantitative estimate of drug-likeness (QED) is 0.308. The van der Waals surface area contributed by atoms with Crippen LogP contribution >= 0.6 is 0 Å². The van der Waals surface area contributed by atoms with Gasteiger partial charge in [0.2, 0.25) is 0 Å². The fourth-order valence-corrected chi connectivity index (χ4v) is 0. The zero-order valence-electron chi connectivity index (χ0n) is 6.19. The lowest BCUT2D eigenvalue weighted by Gasteiger charge is -2.09. The number of aliphatic carboxylic acids is 1. The third kappa shape index (κ3) is 27.3. The van der Waals surface area contributed by atoms with Gasteiger partial charge in [0.15, 0.2) is 5.79 Å². The number of carbonyl (C=O) groups is 1. The first-order valence-corrected chi connectivity index (χ1v) is 2.74. The molecule has 0 aromatic carbocycles. The van der Waals surface area contributed by atoms with Crippen LogP contribution < -0.4 is 0 Å². The molecule has 0 bridgehead atoms. The summed E-state index contributed by atoms with van der Waals surface area (Å²) in [6.07, 6.45) is 0.833. The summed E-state index contributed by atoms with van der Waals surface area (Å²) in [6.45, 7) is 3.45. The molecule has 4 N–H and O–H groups in total. The van der Waals surface area contributed by atoms with Gasteiger partial charge in [-0.2, -0.15) is 0 Å². The molecule has 11 heavy (non-hydrogen) atoms. The average molecular weight is 164 g/mol. The number of aliphatic hydroxyl groups is 3. The molecule has 0 fully saturated rings. The molecule has 0 aromatic heterocycles. The Labute approximate surface area is 64.2 Å². The molecule has 0 aliphatic rings. The van der Waals surface area contributed by atoms with E-state index in [1.807, 2.05) is 0 Å². The second-order valence-electron chi connectivity index (χ2n) is 1.92. The number of carboxylic acid groups (broad SMARTS) is 1. The Bertz CT molecular complexity index is 123. The van der Waals surface area contributed by atoms with Crippen molar-refractivity contribution in [3.8, 4) is 0 Å². The molecule has 0 aliphatic heterocycles. The van der Waals surface area contributed by atoms with Crippen LogP contribution in [0.2, 0.25) is 0 Å². The lowest BCUT2D eigenvalue weighted by Crippen LogP contribution is -2.27. The van der Waals surface area contributed by atoms with Crippen molar-refractivity contribution < 1.29 is 25.2 Å². The van der Waals surface area contributed by atoms with Crippen molar-refractivity contribution in [2.24, 2.45) is 0 Å². The highest BCUT2D eigenvalue weighted by Crippen LogP contribution is 1.90. The van der Waals surface area contributed by atoms with Crippen LogP contribution in [0.3, 0.4) is 0 Å². The van der Waals surface area contributed by atoms with Crippen LogP contribution in [-0.2, 0) is 4.79 Å². The molecule has 5 heteroatoms. The molecule has 66 valence electrons. The maximum absolute atomic E-state index is 9.25. The van der Waals surface area contributed by atoms with E-state index >= 15 is 0 Å². The monoisotopic (exact) mass is 164 g/mol. The van der Waals surface area contributed by atoms with Gasteiger partial charge in [0.25, 0.3) is 0 Å². The van der Waals surface area contributed by atoms with E-state index in [0.29, 0.717) is 0 Å². The molecule has 0 aromatic rings. The van der Waals surface area contributed by atoms with Crippen molar-refractivity contribution in [2.45, 2.75) is 12.7 Å². The summed E-state index contributed by atoms with van der Waals surface area (Å²) in [5.41, 5.74) is 0. The van der Waals surface area contributed by atoms with Gasteiger partial charge in [-0.05, 0) is 6.92 Å². The van der Waals surface area contributed by atoms with Gasteiger partial charge in [0.05, 0.1) is 6.61 Å². The SMILES string of the molecule is C=CC(=O)O.CC(O)(O)CO. The van der Waals surface area contributed by atoms with Gasteiger partial charge in [0, 0.05) is 6.08 Å². The predicted molar refractivity (Wildman–Crippen MR) is 37.8 cm³/mol. The normalized spacial score (nSPS) is 9.45. The van der Waals surface area contributed by atoms with Gasteiger partial charge < -0.3 is 20.4 Å². The van der Waals surface area contributed by atoms with E-state index in [9.17, 15) is 4.79 Å². The molecule has 0 amide bonds. The van der Waals surface area contributed by atoms with Crippen LogP contribution in [0.15, 0.2) is 12.7 Å². The van der Waals surface area contributed by atoms with Crippen molar-refractivity contribution in [2.75, 3.05) is 6.61 Å². The number of carboxylic acids is 1. The zero-order chi connectivity index (χ0) is 9.49. The van der Waals surface area contributed by atoms with Gasteiger partial charge in [-0.25, -0.2) is 4.79 Å². The molecule has 0 unspecified atom stereocenters. The van der Waals surface area contributed by atoms with Crippen LogP contribution in [0.5, 0.6) is 0 Å². The van der Waals surface area contributed by atoms with Crippen molar-refractivity contribution in [1.29, 1.82) is 0 Å². The average Bonchev–Trinajstić information content (AvgIpc) is 1.88. The highest BCUT2D eigenvalue weighted by Gasteiger charge is 2.10. The summed E-state index contributed by atoms with van der Waals surface area (Å²) < 4.78 is 0. The number of aliphatic hydroxyl groups excluding tert-OH is 1. The van der Waals surface area contributed by atoms with Gasteiger partial charge in [-0.15, -0.1) is 0 Å². The second-order valence-corrected chi connectivity index (χ2v) is 1.92. The summed E-state index contributed by atoms with van der Waals surface area (Å²) in [6, 6.07) is 0. The first kappa shape index (κ1) is 12.7. The lowest BCUT2D eigenvalue weighted by molar-refractivity contribution is -0.171. The maximum atomic E-state index is 9.25. The summed E-state index contributed by atoms with van der Waals surface area (Å²) in [4.78, 5) is 9.25. The van der Waals surface area contributed by atoms with Gasteiger partial charge in [-0.1, -0.05) is 6.58 Å². The van der Waals surface area contributed by atoms with E-state index in [1.54, 1.807) is 0 Å². The smallest absolute Gasteiger partial charge is 0.327 e. The van der Waals surface area contributed by atoms with Crippen molar-refractivity contribution >= 4 is 5.97 Å². The molecule has 0 saturated heterocycles. The Kier molecular flexibility index (Phi) is 6.77. The van der Waals surface area contributed by atoms with E-state index in [-0.39, 0.29) is 0 Å². The molecule has 5 nitrogen and oxygen atoms in total. The number of hydrogen-bond donors (Lipinski definition) is 4. The fourth-order valence-electron chi connectivity index (χ4n) is 0. The van der Waals surface area contributed by atoms with Crippen molar-refractivity contribution in [3.63, 3.8) is 0 Å². The Morgan fingerprint density at radius 2 is 1.82 bits per heavy atom. The van der Waals surface area contributed by atoms with E-state index < -0.39 is 18.4 Å². The van der Waals surface area contributed by atoms with Crippen LogP contribution in [-0.4, -0.2) is 38.8 Å². The molecule has 0 radical (unpaired) electrons. The van der Waals surface area contributed by atoms with Crippen LogP contribution in [0.25, 0.3) is 0 Å². The van der Waals surface area contributed by atoms with Gasteiger partial charge in [0.1, 0.15) is 0 Å². The van der Waals surface area contributed by atoms with Crippen LogP contribution in [0.4, 0.5) is 0 Å². The minimum Gasteiger partial charge on any atom is -0.478 e. The van der Waals surface area contributed by atoms with Crippen molar-refractivity contribution in [1.82, 2.24) is 0 Å². The zero-order valence-corrected chi connectivity index (χ0v) is 6.19. The molecule has 0 aliphatic carbocycles. The Morgan fingerprint density at radius 3 is 1.82 bits per heavy atom. The minimum absolute atomic E-state index is 0.618. The Hall–Kier alpha value is -0.910. The number of rotatable bonds is 2. The fraction of sp³-hybridized carbons (Fsp3) is 0.500. The van der Waals surface area contributed by atoms with E-state index in [4.69, 9.17) is 20.4 Å². The van der Waals surface area contributed by atoms with Gasteiger partial charge >= 0.3 is 5.97 Å². The summed E-state index contributed by atoms with van der Waals surface area (Å²) in [5, 5.41) is 31.8. The molecule has 0 atom stereocenters. The minimum atomic E-state index is -1.90. The molecule has 0 spiro atoms. The van der Waals surface area contributed by atoms with E-state index in [0.717, 1.165) is 13.0 Å². The van der Waals surface area contributed by atoms with Crippen LogP contribution in [0.1, 0.15) is 6.92 Å². The topological polar surface area (TPSA) is 98.0 Å². The largest absolute Gasteiger partial charge is 0.478 e. The Morgan fingerprint density at radius 1 is 1.64 bits per heavy atom. The van der Waals surface area contributed by atoms with Gasteiger partial charge in [-0.3, -0.25) is 0 Å².